The van der Waals surface area contributed by atoms with Gasteiger partial charge in [0.1, 0.15) is 12.4 Å². The van der Waals surface area contributed by atoms with Crippen LogP contribution in [0.25, 0.3) is 10.9 Å². The first kappa shape index (κ1) is 19.8. The lowest BCUT2D eigenvalue weighted by atomic mass is 9.87. The van der Waals surface area contributed by atoms with E-state index in [-0.39, 0.29) is 11.4 Å². The standard InChI is InChI=1S/C23H29N3O2/c1-23(2,3)18-8-10-19(11-9-18)28-15-14-25-22(27)24-13-12-17-16-26-21-7-5-4-6-20(17)21/h4-11,16,26H,12-15H2,1-3H3,(H2,24,25,27). The number of carbonyl (C=O) groups is 1. The zero-order valence-electron chi connectivity index (χ0n) is 16.8. The molecule has 0 spiro atoms. The predicted octanol–water partition coefficient (Wildman–Crippen LogP) is 4.39. The fraction of sp³-hybridized carbons (Fsp3) is 0.348. The monoisotopic (exact) mass is 379 g/mol. The summed E-state index contributed by atoms with van der Waals surface area (Å²) in [6, 6.07) is 16.1. The molecule has 28 heavy (non-hydrogen) atoms. The van der Waals surface area contributed by atoms with Gasteiger partial charge >= 0.3 is 6.03 Å². The Morgan fingerprint density at radius 2 is 1.71 bits per heavy atom. The van der Waals surface area contributed by atoms with Crippen LogP contribution in [0.4, 0.5) is 4.79 Å². The van der Waals surface area contributed by atoms with Gasteiger partial charge in [-0.3, -0.25) is 0 Å². The van der Waals surface area contributed by atoms with E-state index in [9.17, 15) is 4.79 Å². The number of aromatic amines is 1. The second-order valence-corrected chi connectivity index (χ2v) is 7.92. The van der Waals surface area contributed by atoms with E-state index < -0.39 is 0 Å². The second kappa shape index (κ2) is 8.83. The fourth-order valence-corrected chi connectivity index (χ4v) is 3.10. The number of hydrogen-bond donors (Lipinski definition) is 3. The zero-order chi connectivity index (χ0) is 20.0. The van der Waals surface area contributed by atoms with Crippen LogP contribution in [0.1, 0.15) is 31.9 Å². The van der Waals surface area contributed by atoms with E-state index in [4.69, 9.17) is 4.74 Å². The predicted molar refractivity (Wildman–Crippen MR) is 114 cm³/mol. The Morgan fingerprint density at radius 1 is 1.00 bits per heavy atom. The molecule has 0 aliphatic rings. The molecule has 5 nitrogen and oxygen atoms in total. The number of rotatable bonds is 7. The van der Waals surface area contributed by atoms with Crippen LogP contribution >= 0.6 is 0 Å². The van der Waals surface area contributed by atoms with Crippen LogP contribution in [0.3, 0.4) is 0 Å². The Morgan fingerprint density at radius 3 is 2.46 bits per heavy atom. The quantitative estimate of drug-likeness (QED) is 0.533. The molecular weight excluding hydrogens is 350 g/mol. The van der Waals surface area contributed by atoms with Gasteiger partial charge in [0, 0.05) is 23.6 Å². The third kappa shape index (κ3) is 5.28. The highest BCUT2D eigenvalue weighted by atomic mass is 16.5. The number of carbonyl (C=O) groups excluding carboxylic acids is 1. The van der Waals surface area contributed by atoms with Crippen LogP contribution in [0.5, 0.6) is 5.75 Å². The van der Waals surface area contributed by atoms with Gasteiger partial charge in [-0.1, -0.05) is 51.1 Å². The summed E-state index contributed by atoms with van der Waals surface area (Å²) in [5.74, 6) is 0.814. The Balaban J connectivity index is 1.33. The van der Waals surface area contributed by atoms with Gasteiger partial charge in [0.15, 0.2) is 0 Å². The van der Waals surface area contributed by atoms with E-state index in [0.717, 1.165) is 17.7 Å². The van der Waals surface area contributed by atoms with Gasteiger partial charge in [0.2, 0.25) is 0 Å². The summed E-state index contributed by atoms with van der Waals surface area (Å²) in [6.45, 7) is 8.03. The summed E-state index contributed by atoms with van der Waals surface area (Å²) in [7, 11) is 0. The smallest absolute Gasteiger partial charge is 0.314 e. The average molecular weight is 380 g/mol. The van der Waals surface area contributed by atoms with Crippen LogP contribution in [0.2, 0.25) is 0 Å². The highest BCUT2D eigenvalue weighted by Gasteiger charge is 2.12. The molecule has 3 rings (SSSR count). The maximum absolute atomic E-state index is 11.9. The number of hydrogen-bond acceptors (Lipinski definition) is 2. The molecule has 0 fully saturated rings. The van der Waals surface area contributed by atoms with Crippen molar-refractivity contribution in [1.82, 2.24) is 15.6 Å². The van der Waals surface area contributed by atoms with Crippen molar-refractivity contribution < 1.29 is 9.53 Å². The van der Waals surface area contributed by atoms with Crippen molar-refractivity contribution in [2.45, 2.75) is 32.6 Å². The van der Waals surface area contributed by atoms with Crippen LogP contribution in [0.15, 0.2) is 54.7 Å². The highest BCUT2D eigenvalue weighted by Crippen LogP contribution is 2.24. The van der Waals surface area contributed by atoms with E-state index >= 15 is 0 Å². The van der Waals surface area contributed by atoms with Crippen LogP contribution in [-0.2, 0) is 11.8 Å². The van der Waals surface area contributed by atoms with Gasteiger partial charge in [-0.2, -0.15) is 0 Å². The molecule has 148 valence electrons. The van der Waals surface area contributed by atoms with E-state index in [0.29, 0.717) is 19.7 Å². The molecule has 0 aliphatic carbocycles. The number of urea groups is 1. The second-order valence-electron chi connectivity index (χ2n) is 7.92. The molecule has 2 aromatic carbocycles. The lowest BCUT2D eigenvalue weighted by Gasteiger charge is -2.19. The van der Waals surface area contributed by atoms with Gasteiger partial charge in [-0.25, -0.2) is 4.79 Å². The molecule has 3 aromatic rings. The lowest BCUT2D eigenvalue weighted by molar-refractivity contribution is 0.236. The molecule has 2 amide bonds. The number of aromatic nitrogens is 1. The molecular formula is C23H29N3O2. The maximum atomic E-state index is 11.9. The molecule has 0 aliphatic heterocycles. The number of fused-ring (bicyclic) bond motifs is 1. The first-order valence-electron chi connectivity index (χ1n) is 9.73. The van der Waals surface area contributed by atoms with Gasteiger partial charge in [0.25, 0.3) is 0 Å². The minimum Gasteiger partial charge on any atom is -0.492 e. The minimum absolute atomic E-state index is 0.130. The molecule has 0 bridgehead atoms. The van der Waals surface area contributed by atoms with Crippen molar-refractivity contribution >= 4 is 16.9 Å². The molecule has 0 saturated carbocycles. The van der Waals surface area contributed by atoms with E-state index in [2.05, 4.69) is 60.7 Å². The molecule has 3 N–H and O–H groups in total. The molecule has 5 heteroatoms. The largest absolute Gasteiger partial charge is 0.492 e. The molecule has 0 radical (unpaired) electrons. The number of H-pyrrole nitrogens is 1. The summed E-state index contributed by atoms with van der Waals surface area (Å²) in [5.41, 5.74) is 3.73. The van der Waals surface area contributed by atoms with Crippen molar-refractivity contribution in [3.8, 4) is 5.75 Å². The Bertz CT molecular complexity index is 907. The van der Waals surface area contributed by atoms with Gasteiger partial charge in [0.05, 0.1) is 6.54 Å². The van der Waals surface area contributed by atoms with Crippen molar-refractivity contribution in [1.29, 1.82) is 0 Å². The third-order valence-corrected chi connectivity index (χ3v) is 4.73. The molecule has 0 saturated heterocycles. The third-order valence-electron chi connectivity index (χ3n) is 4.73. The van der Waals surface area contributed by atoms with Crippen LogP contribution in [0, 0.1) is 0 Å². The van der Waals surface area contributed by atoms with Crippen molar-refractivity contribution in [2.24, 2.45) is 0 Å². The van der Waals surface area contributed by atoms with Crippen LogP contribution < -0.4 is 15.4 Å². The fourth-order valence-electron chi connectivity index (χ4n) is 3.10. The minimum atomic E-state index is -0.175. The summed E-state index contributed by atoms with van der Waals surface area (Å²) in [4.78, 5) is 15.2. The first-order chi connectivity index (χ1) is 13.4. The van der Waals surface area contributed by atoms with E-state index in [1.54, 1.807) is 0 Å². The summed E-state index contributed by atoms with van der Waals surface area (Å²) in [5, 5.41) is 6.92. The number of nitrogens with one attached hydrogen (secondary N) is 3. The SMILES string of the molecule is CC(C)(C)c1ccc(OCCNC(=O)NCCc2c[nH]c3ccccc23)cc1. The molecule has 0 atom stereocenters. The number of ether oxygens (including phenoxy) is 1. The normalized spacial score (nSPS) is 11.4. The average Bonchev–Trinajstić information content (AvgIpc) is 3.08. The molecule has 0 unspecified atom stereocenters. The lowest BCUT2D eigenvalue weighted by Crippen LogP contribution is -2.38. The Kier molecular flexibility index (Phi) is 6.24. The number of para-hydroxylation sites is 1. The highest BCUT2D eigenvalue weighted by molar-refractivity contribution is 5.83. The summed E-state index contributed by atoms with van der Waals surface area (Å²) >= 11 is 0. The number of amides is 2. The topological polar surface area (TPSA) is 66.2 Å². The zero-order valence-corrected chi connectivity index (χ0v) is 16.8. The first-order valence-corrected chi connectivity index (χ1v) is 9.73. The van der Waals surface area contributed by atoms with E-state index in [1.165, 1.54) is 16.5 Å². The van der Waals surface area contributed by atoms with Crippen molar-refractivity contribution in [3.05, 3.63) is 65.9 Å². The van der Waals surface area contributed by atoms with Crippen molar-refractivity contribution in [3.63, 3.8) is 0 Å². The molecule has 1 heterocycles. The van der Waals surface area contributed by atoms with Crippen LogP contribution in [-0.4, -0.2) is 30.7 Å². The summed E-state index contributed by atoms with van der Waals surface area (Å²) in [6.07, 6.45) is 2.79. The van der Waals surface area contributed by atoms with Gasteiger partial charge in [-0.05, 0) is 41.2 Å². The summed E-state index contributed by atoms with van der Waals surface area (Å²) < 4.78 is 5.69. The van der Waals surface area contributed by atoms with Gasteiger partial charge < -0.3 is 20.4 Å². The maximum Gasteiger partial charge on any atom is 0.314 e. The van der Waals surface area contributed by atoms with Crippen molar-refractivity contribution in [2.75, 3.05) is 19.7 Å². The molecule has 1 aromatic heterocycles. The number of benzene rings is 2. The Hall–Kier alpha value is -2.95. The van der Waals surface area contributed by atoms with Gasteiger partial charge in [-0.15, -0.1) is 0 Å². The Labute approximate surface area is 166 Å². The van der Waals surface area contributed by atoms with E-state index in [1.807, 2.05) is 30.5 Å².